The van der Waals surface area contributed by atoms with E-state index < -0.39 is 4.92 Å². The van der Waals surface area contributed by atoms with Gasteiger partial charge in [-0.05, 0) is 54.8 Å². The van der Waals surface area contributed by atoms with E-state index in [0.717, 1.165) is 30.6 Å². The number of carbonyl (C=O) groups excluding carboxylic acids is 1. The fourth-order valence-electron chi connectivity index (χ4n) is 3.77. The predicted molar refractivity (Wildman–Crippen MR) is 131 cm³/mol. The summed E-state index contributed by atoms with van der Waals surface area (Å²) >= 11 is 14.0. The van der Waals surface area contributed by atoms with Gasteiger partial charge in [0.25, 0.3) is 11.6 Å². The molecule has 0 unspecified atom stereocenters. The second-order valence-electron chi connectivity index (χ2n) is 7.38. The lowest BCUT2D eigenvalue weighted by Gasteiger charge is -2.29. The minimum atomic E-state index is -0.400. The second-order valence-corrected chi connectivity index (χ2v) is 10.6. The molecule has 1 amide bonds. The summed E-state index contributed by atoms with van der Waals surface area (Å²) in [6.07, 6.45) is 7.07. The summed E-state index contributed by atoms with van der Waals surface area (Å²) in [5, 5.41) is 12.3. The molecular formula is C22H19ClN2O3S3. The van der Waals surface area contributed by atoms with Gasteiger partial charge in [-0.25, -0.2) is 0 Å². The smallest absolute Gasteiger partial charge is 0.283 e. The molecule has 4 rings (SSSR count). The summed E-state index contributed by atoms with van der Waals surface area (Å²) in [7, 11) is 0. The molecule has 1 heterocycles. The standard InChI is InChI=1S/C22H19ClN2O3S3/c23-15-7-9-17(10-8-15)30-19-11-6-14(12-18(19)25(27)28)13-20-21(26)24(22(29)31-20)16-4-2-1-3-5-16/h6-13,16H,1-5H2. The Morgan fingerprint density at radius 2 is 1.87 bits per heavy atom. The molecule has 5 nitrogen and oxygen atoms in total. The molecule has 2 fully saturated rings. The number of hydrogen-bond acceptors (Lipinski definition) is 6. The van der Waals surface area contributed by atoms with Crippen LogP contribution in [0.3, 0.4) is 0 Å². The first-order chi connectivity index (χ1) is 14.9. The van der Waals surface area contributed by atoms with Crippen molar-refractivity contribution in [3.8, 4) is 0 Å². The molecule has 9 heteroatoms. The van der Waals surface area contributed by atoms with Crippen LogP contribution in [0.1, 0.15) is 37.7 Å². The number of halogens is 1. The normalized spacial score (nSPS) is 18.7. The first kappa shape index (κ1) is 22.3. The monoisotopic (exact) mass is 490 g/mol. The number of nitro benzene ring substituents is 1. The predicted octanol–water partition coefficient (Wildman–Crippen LogP) is 6.93. The SMILES string of the molecule is O=C1C(=Cc2ccc(Sc3ccc(Cl)cc3)c([N+](=O)[O-])c2)SC(=S)N1C1CCCCC1. The Balaban J connectivity index is 1.58. The highest BCUT2D eigenvalue weighted by Gasteiger charge is 2.37. The van der Waals surface area contributed by atoms with Crippen molar-refractivity contribution in [2.45, 2.75) is 47.9 Å². The van der Waals surface area contributed by atoms with E-state index >= 15 is 0 Å². The van der Waals surface area contributed by atoms with Gasteiger partial charge < -0.3 is 0 Å². The Hall–Kier alpha value is -1.87. The molecule has 0 bridgehead atoms. The van der Waals surface area contributed by atoms with Crippen molar-refractivity contribution in [2.24, 2.45) is 0 Å². The van der Waals surface area contributed by atoms with Crippen LogP contribution in [0, 0.1) is 10.1 Å². The van der Waals surface area contributed by atoms with E-state index in [0.29, 0.717) is 24.7 Å². The minimum absolute atomic E-state index is 0.00328. The highest BCUT2D eigenvalue weighted by atomic mass is 35.5. The molecule has 2 aliphatic rings. The van der Waals surface area contributed by atoms with E-state index in [1.54, 1.807) is 35.2 Å². The van der Waals surface area contributed by atoms with Gasteiger partial charge in [0, 0.05) is 22.0 Å². The van der Waals surface area contributed by atoms with Gasteiger partial charge in [-0.15, -0.1) is 0 Å². The zero-order chi connectivity index (χ0) is 22.0. The molecule has 2 aromatic rings. The molecule has 0 aromatic heterocycles. The van der Waals surface area contributed by atoms with Gasteiger partial charge in [-0.3, -0.25) is 19.8 Å². The number of carbonyl (C=O) groups is 1. The maximum absolute atomic E-state index is 13.0. The molecule has 1 saturated heterocycles. The van der Waals surface area contributed by atoms with Gasteiger partial charge in [0.15, 0.2) is 0 Å². The van der Waals surface area contributed by atoms with Gasteiger partial charge in [0.05, 0.1) is 14.7 Å². The Bertz CT molecular complexity index is 1070. The van der Waals surface area contributed by atoms with Crippen LogP contribution < -0.4 is 0 Å². The van der Waals surface area contributed by atoms with E-state index in [1.807, 2.05) is 12.1 Å². The lowest BCUT2D eigenvalue weighted by molar-refractivity contribution is -0.387. The minimum Gasteiger partial charge on any atom is -0.290 e. The number of rotatable bonds is 5. The fourth-order valence-corrected chi connectivity index (χ4v) is 6.19. The third-order valence-electron chi connectivity index (χ3n) is 5.28. The molecule has 31 heavy (non-hydrogen) atoms. The first-order valence-electron chi connectivity index (χ1n) is 9.91. The van der Waals surface area contributed by atoms with Gasteiger partial charge >= 0.3 is 0 Å². The summed E-state index contributed by atoms with van der Waals surface area (Å²) in [5.41, 5.74) is 0.604. The van der Waals surface area contributed by atoms with Gasteiger partial charge in [0.1, 0.15) is 4.32 Å². The molecule has 0 N–H and O–H groups in total. The van der Waals surface area contributed by atoms with Crippen LogP contribution in [0.15, 0.2) is 57.2 Å². The molecule has 2 aromatic carbocycles. The molecule has 1 saturated carbocycles. The Morgan fingerprint density at radius 1 is 1.16 bits per heavy atom. The van der Waals surface area contributed by atoms with Gasteiger partial charge in [0.2, 0.25) is 0 Å². The van der Waals surface area contributed by atoms with Crippen LogP contribution >= 0.6 is 47.3 Å². The molecule has 160 valence electrons. The van der Waals surface area contributed by atoms with Crippen LogP contribution in [0.4, 0.5) is 5.69 Å². The molecule has 1 aliphatic heterocycles. The Kier molecular flexibility index (Phi) is 7.01. The highest BCUT2D eigenvalue weighted by Crippen LogP contribution is 2.39. The summed E-state index contributed by atoms with van der Waals surface area (Å²) in [6.45, 7) is 0. The van der Waals surface area contributed by atoms with E-state index in [-0.39, 0.29) is 17.6 Å². The third-order valence-corrected chi connectivity index (χ3v) is 7.94. The lowest BCUT2D eigenvalue weighted by Crippen LogP contribution is -2.39. The third kappa shape index (κ3) is 5.14. The van der Waals surface area contributed by atoms with Crippen molar-refractivity contribution in [3.63, 3.8) is 0 Å². The zero-order valence-electron chi connectivity index (χ0n) is 16.5. The van der Waals surface area contributed by atoms with E-state index in [9.17, 15) is 14.9 Å². The average molecular weight is 491 g/mol. The largest absolute Gasteiger partial charge is 0.290 e. The maximum atomic E-state index is 13.0. The van der Waals surface area contributed by atoms with Crippen molar-refractivity contribution in [2.75, 3.05) is 0 Å². The van der Waals surface area contributed by atoms with Crippen molar-refractivity contribution in [3.05, 3.63) is 68.1 Å². The van der Waals surface area contributed by atoms with Crippen LogP contribution in [0.25, 0.3) is 6.08 Å². The van der Waals surface area contributed by atoms with E-state index in [2.05, 4.69) is 0 Å². The number of thiocarbonyl (C=S) groups is 1. The molecule has 1 aliphatic carbocycles. The lowest BCUT2D eigenvalue weighted by atomic mass is 9.94. The zero-order valence-corrected chi connectivity index (χ0v) is 19.7. The van der Waals surface area contributed by atoms with Crippen LogP contribution in [-0.2, 0) is 4.79 Å². The fraction of sp³-hybridized carbons (Fsp3) is 0.273. The number of benzene rings is 2. The number of amides is 1. The van der Waals surface area contributed by atoms with Crippen molar-refractivity contribution in [1.82, 2.24) is 4.90 Å². The van der Waals surface area contributed by atoms with Crippen LogP contribution in [-0.4, -0.2) is 26.1 Å². The van der Waals surface area contributed by atoms with Crippen molar-refractivity contribution < 1.29 is 9.72 Å². The molecule has 0 spiro atoms. The summed E-state index contributed by atoms with van der Waals surface area (Å²) in [4.78, 5) is 27.9. The molecule has 0 atom stereocenters. The van der Waals surface area contributed by atoms with E-state index in [4.69, 9.17) is 23.8 Å². The quantitative estimate of drug-likeness (QED) is 0.196. The average Bonchev–Trinajstić information content (AvgIpc) is 3.04. The van der Waals surface area contributed by atoms with Gasteiger partial charge in [-0.1, -0.05) is 72.7 Å². The number of thioether (sulfide) groups is 1. The van der Waals surface area contributed by atoms with Crippen molar-refractivity contribution >= 4 is 69.3 Å². The molecular weight excluding hydrogens is 472 g/mol. The van der Waals surface area contributed by atoms with Crippen LogP contribution in [0.2, 0.25) is 5.02 Å². The Morgan fingerprint density at radius 3 is 2.55 bits per heavy atom. The maximum Gasteiger partial charge on any atom is 0.283 e. The second kappa shape index (κ2) is 9.73. The van der Waals surface area contributed by atoms with Crippen molar-refractivity contribution in [1.29, 1.82) is 0 Å². The van der Waals surface area contributed by atoms with Gasteiger partial charge in [-0.2, -0.15) is 0 Å². The molecule has 0 radical (unpaired) electrons. The summed E-state index contributed by atoms with van der Waals surface area (Å²) < 4.78 is 0.576. The summed E-state index contributed by atoms with van der Waals surface area (Å²) in [5.74, 6) is -0.0934. The Labute approximate surface area is 199 Å². The number of hydrogen-bond donors (Lipinski definition) is 0. The number of nitro groups is 1. The first-order valence-corrected chi connectivity index (χ1v) is 12.3. The van der Waals surface area contributed by atoms with E-state index in [1.165, 1.54) is 36.0 Å². The van der Waals surface area contributed by atoms with Crippen LogP contribution in [0.5, 0.6) is 0 Å². The number of nitrogens with zero attached hydrogens (tertiary/aromatic N) is 2. The highest BCUT2D eigenvalue weighted by molar-refractivity contribution is 8.26. The topological polar surface area (TPSA) is 63.4 Å². The summed E-state index contributed by atoms with van der Waals surface area (Å²) in [6, 6.07) is 12.3.